The Morgan fingerprint density at radius 3 is 2.26 bits per heavy atom. The highest BCUT2D eigenvalue weighted by atomic mass is 15.4. The smallest absolute Gasteiger partial charge is 0.244 e. The third-order valence-electron chi connectivity index (χ3n) is 3.25. The molecule has 1 fully saturated rings. The summed E-state index contributed by atoms with van der Waals surface area (Å²) in [6.45, 7) is 5.62. The first-order chi connectivity index (χ1) is 9.36. The topological polar surface area (TPSA) is 73.8 Å². The molecule has 0 aliphatic carbocycles. The van der Waals surface area contributed by atoms with Gasteiger partial charge >= 0.3 is 0 Å². The molecule has 1 N–H and O–H groups in total. The van der Waals surface area contributed by atoms with Gasteiger partial charge in [0.25, 0.3) is 0 Å². The second-order valence-electron chi connectivity index (χ2n) is 4.46. The quantitative estimate of drug-likeness (QED) is 0.864. The molecular formula is C12H17N7. The van der Waals surface area contributed by atoms with Gasteiger partial charge in [0.05, 0.1) is 0 Å². The maximum atomic E-state index is 4.46. The maximum absolute atomic E-state index is 4.46. The number of H-pyrrole nitrogens is 1. The van der Waals surface area contributed by atoms with E-state index in [0.29, 0.717) is 0 Å². The van der Waals surface area contributed by atoms with Crippen molar-refractivity contribution in [3.8, 4) is 0 Å². The lowest BCUT2D eigenvalue weighted by Crippen LogP contribution is -2.47. The van der Waals surface area contributed by atoms with E-state index in [-0.39, 0.29) is 0 Å². The Balaban J connectivity index is 1.63. The van der Waals surface area contributed by atoms with Crippen molar-refractivity contribution in [2.45, 2.75) is 13.3 Å². The summed E-state index contributed by atoms with van der Waals surface area (Å²) >= 11 is 0. The normalized spacial score (nSPS) is 15.8. The fourth-order valence-electron chi connectivity index (χ4n) is 2.15. The third-order valence-corrected chi connectivity index (χ3v) is 3.25. The fraction of sp³-hybridized carbons (Fsp3) is 0.500. The number of piperazine rings is 1. The van der Waals surface area contributed by atoms with E-state index in [1.807, 2.05) is 6.07 Å². The van der Waals surface area contributed by atoms with Gasteiger partial charge in [0, 0.05) is 45.0 Å². The van der Waals surface area contributed by atoms with Crippen LogP contribution in [-0.4, -0.2) is 51.3 Å². The van der Waals surface area contributed by atoms with Crippen LogP contribution in [0.4, 0.5) is 11.9 Å². The minimum absolute atomic E-state index is 0.797. The molecule has 0 unspecified atom stereocenters. The van der Waals surface area contributed by atoms with E-state index in [0.717, 1.165) is 50.3 Å². The van der Waals surface area contributed by atoms with E-state index in [2.05, 4.69) is 41.9 Å². The van der Waals surface area contributed by atoms with Gasteiger partial charge in [0.1, 0.15) is 5.82 Å². The van der Waals surface area contributed by atoms with Gasteiger partial charge in [-0.1, -0.05) is 6.92 Å². The molecule has 0 amide bonds. The molecule has 19 heavy (non-hydrogen) atoms. The Bertz CT molecular complexity index is 516. The number of aromatic nitrogens is 5. The first-order valence-electron chi connectivity index (χ1n) is 6.55. The summed E-state index contributed by atoms with van der Waals surface area (Å²) < 4.78 is 0. The van der Waals surface area contributed by atoms with Crippen LogP contribution < -0.4 is 9.80 Å². The molecule has 0 bridgehead atoms. The average Bonchev–Trinajstić information content (AvgIpc) is 2.97. The number of hydrogen-bond acceptors (Lipinski definition) is 6. The van der Waals surface area contributed by atoms with Crippen LogP contribution in [0, 0.1) is 0 Å². The van der Waals surface area contributed by atoms with Crippen molar-refractivity contribution in [1.29, 1.82) is 0 Å². The number of nitrogens with one attached hydrogen (secondary N) is 1. The highest BCUT2D eigenvalue weighted by molar-refractivity contribution is 5.36. The molecule has 100 valence electrons. The Hall–Kier alpha value is -2.18. The van der Waals surface area contributed by atoms with Gasteiger partial charge in [-0.25, -0.2) is 9.97 Å². The van der Waals surface area contributed by atoms with Crippen LogP contribution in [0.5, 0.6) is 0 Å². The largest absolute Gasteiger partial charge is 0.337 e. The fourth-order valence-corrected chi connectivity index (χ4v) is 2.15. The lowest BCUT2D eigenvalue weighted by atomic mass is 10.3. The van der Waals surface area contributed by atoms with E-state index in [1.54, 1.807) is 12.4 Å². The summed E-state index contributed by atoms with van der Waals surface area (Å²) in [5, 5.41) is 7.20. The molecule has 2 aromatic rings. The zero-order valence-corrected chi connectivity index (χ0v) is 11.0. The summed E-state index contributed by atoms with van der Waals surface area (Å²) in [5.74, 6) is 2.53. The summed E-state index contributed by atoms with van der Waals surface area (Å²) in [6, 6.07) is 1.83. The van der Waals surface area contributed by atoms with Crippen LogP contribution in [0.25, 0.3) is 0 Å². The van der Waals surface area contributed by atoms with Crippen molar-refractivity contribution in [2.75, 3.05) is 36.0 Å². The van der Waals surface area contributed by atoms with Gasteiger partial charge in [-0.05, 0) is 6.07 Å². The van der Waals surface area contributed by atoms with Crippen molar-refractivity contribution in [2.24, 2.45) is 0 Å². The number of hydrogen-bond donors (Lipinski definition) is 1. The highest BCUT2D eigenvalue weighted by Crippen LogP contribution is 2.14. The van der Waals surface area contributed by atoms with Crippen LogP contribution in [0.2, 0.25) is 0 Å². The molecule has 2 aromatic heterocycles. The molecule has 3 rings (SSSR count). The second-order valence-corrected chi connectivity index (χ2v) is 4.46. The van der Waals surface area contributed by atoms with E-state index in [4.69, 9.17) is 0 Å². The molecule has 1 aliphatic rings. The van der Waals surface area contributed by atoms with Crippen LogP contribution in [0.1, 0.15) is 12.7 Å². The molecule has 7 heteroatoms. The lowest BCUT2D eigenvalue weighted by molar-refractivity contribution is 0.629. The van der Waals surface area contributed by atoms with Crippen molar-refractivity contribution in [1.82, 2.24) is 25.1 Å². The monoisotopic (exact) mass is 259 g/mol. The molecule has 0 aromatic carbocycles. The summed E-state index contributed by atoms with van der Waals surface area (Å²) in [4.78, 5) is 17.4. The molecule has 0 atom stereocenters. The minimum Gasteiger partial charge on any atom is -0.337 e. The lowest BCUT2D eigenvalue weighted by Gasteiger charge is -2.33. The molecular weight excluding hydrogens is 242 g/mol. The predicted molar refractivity (Wildman–Crippen MR) is 72.2 cm³/mol. The van der Waals surface area contributed by atoms with E-state index < -0.39 is 0 Å². The van der Waals surface area contributed by atoms with Crippen molar-refractivity contribution in [3.05, 3.63) is 24.3 Å². The maximum Gasteiger partial charge on any atom is 0.244 e. The van der Waals surface area contributed by atoms with E-state index in [9.17, 15) is 0 Å². The summed E-state index contributed by atoms with van der Waals surface area (Å²) in [7, 11) is 0. The van der Waals surface area contributed by atoms with Crippen LogP contribution in [-0.2, 0) is 6.42 Å². The number of aromatic amines is 1. The van der Waals surface area contributed by atoms with E-state index in [1.165, 1.54) is 0 Å². The van der Waals surface area contributed by atoms with Gasteiger partial charge < -0.3 is 9.80 Å². The van der Waals surface area contributed by atoms with Crippen molar-refractivity contribution < 1.29 is 0 Å². The first-order valence-corrected chi connectivity index (χ1v) is 6.55. The highest BCUT2D eigenvalue weighted by Gasteiger charge is 2.21. The summed E-state index contributed by atoms with van der Waals surface area (Å²) in [5.41, 5.74) is 0. The number of nitrogens with zero attached hydrogens (tertiary/aromatic N) is 6. The average molecular weight is 259 g/mol. The molecule has 1 saturated heterocycles. The van der Waals surface area contributed by atoms with Gasteiger partial charge in [0.15, 0.2) is 0 Å². The molecule has 0 radical (unpaired) electrons. The SMILES string of the molecule is CCc1nc(N2CCN(c3ncccn3)CC2)n[nH]1. The molecule has 0 spiro atoms. The van der Waals surface area contributed by atoms with Gasteiger partial charge in [-0.2, -0.15) is 4.98 Å². The van der Waals surface area contributed by atoms with Crippen LogP contribution in [0.3, 0.4) is 0 Å². The molecule has 1 aliphatic heterocycles. The van der Waals surface area contributed by atoms with Gasteiger partial charge in [-0.15, -0.1) is 5.10 Å². The second kappa shape index (κ2) is 5.21. The first kappa shape index (κ1) is 11.9. The van der Waals surface area contributed by atoms with Crippen LogP contribution >= 0.6 is 0 Å². The Kier molecular flexibility index (Phi) is 3.26. The Morgan fingerprint density at radius 2 is 1.68 bits per heavy atom. The number of rotatable bonds is 3. The zero-order chi connectivity index (χ0) is 13.1. The number of anilines is 2. The third kappa shape index (κ3) is 2.49. The van der Waals surface area contributed by atoms with E-state index >= 15 is 0 Å². The Morgan fingerprint density at radius 1 is 1.05 bits per heavy atom. The number of aryl methyl sites for hydroxylation is 1. The minimum atomic E-state index is 0.797. The van der Waals surface area contributed by atoms with Gasteiger partial charge in [-0.3, -0.25) is 5.10 Å². The predicted octanol–water partition coefficient (Wildman–Crippen LogP) is 0.484. The molecule has 7 nitrogen and oxygen atoms in total. The van der Waals surface area contributed by atoms with Gasteiger partial charge in [0.2, 0.25) is 11.9 Å². The summed E-state index contributed by atoms with van der Waals surface area (Å²) in [6.07, 6.45) is 4.43. The van der Waals surface area contributed by atoms with Crippen LogP contribution in [0.15, 0.2) is 18.5 Å². The molecule has 3 heterocycles. The Labute approximate surface area is 111 Å². The van der Waals surface area contributed by atoms with Crippen molar-refractivity contribution >= 4 is 11.9 Å². The van der Waals surface area contributed by atoms with Crippen molar-refractivity contribution in [3.63, 3.8) is 0 Å². The zero-order valence-electron chi connectivity index (χ0n) is 11.0. The molecule has 0 saturated carbocycles. The standard InChI is InChI=1S/C12H17N7/c1-2-10-15-12(17-16-10)19-8-6-18(7-9-19)11-13-4-3-5-14-11/h3-5H,2,6-9H2,1H3,(H,15,16,17).